The van der Waals surface area contributed by atoms with E-state index in [1.807, 2.05) is 0 Å². The van der Waals surface area contributed by atoms with E-state index in [1.54, 1.807) is 0 Å². The lowest BCUT2D eigenvalue weighted by molar-refractivity contribution is -0.137. The number of aromatic nitrogens is 2. The fraction of sp³-hybridized carbons (Fsp3) is 0.368. The number of rotatable bonds is 5. The zero-order chi connectivity index (χ0) is 19.4. The monoisotopic (exact) mass is 379 g/mol. The molecule has 2 aromatic rings. The number of amides is 1. The molecular formula is C19H20F3N3O2. The number of nitrogens with zero attached hydrogens (tertiary/aromatic N) is 2. The Kier molecular flexibility index (Phi) is 5.53. The summed E-state index contributed by atoms with van der Waals surface area (Å²) in [7, 11) is 1.39. The molecule has 1 aromatic carbocycles. The van der Waals surface area contributed by atoms with E-state index in [0.717, 1.165) is 31.4 Å². The maximum atomic E-state index is 12.9. The van der Waals surface area contributed by atoms with Crippen molar-refractivity contribution < 1.29 is 22.7 Å². The Morgan fingerprint density at radius 3 is 2.85 bits per heavy atom. The van der Waals surface area contributed by atoms with Gasteiger partial charge in [0.15, 0.2) is 11.4 Å². The van der Waals surface area contributed by atoms with Crippen LogP contribution in [0.15, 0.2) is 42.6 Å². The molecule has 0 spiro atoms. The molecular weight excluding hydrogens is 359 g/mol. The minimum absolute atomic E-state index is 0.0428. The zero-order valence-electron chi connectivity index (χ0n) is 14.8. The predicted molar refractivity (Wildman–Crippen MR) is 93.9 cm³/mol. The summed E-state index contributed by atoms with van der Waals surface area (Å²) in [5.74, 6) is 0.163. The number of allylic oxidation sites excluding steroid dienone is 2. The number of alkyl halides is 3. The van der Waals surface area contributed by atoms with E-state index in [2.05, 4.69) is 22.6 Å². The van der Waals surface area contributed by atoms with Gasteiger partial charge in [0.25, 0.3) is 5.91 Å². The summed E-state index contributed by atoms with van der Waals surface area (Å²) in [5, 5.41) is 6.97. The lowest BCUT2D eigenvalue weighted by Crippen LogP contribution is -2.30. The molecule has 0 aliphatic heterocycles. The van der Waals surface area contributed by atoms with Crippen molar-refractivity contribution in [2.75, 3.05) is 13.7 Å². The normalized spacial score (nSPS) is 17.0. The van der Waals surface area contributed by atoms with E-state index in [-0.39, 0.29) is 17.1 Å². The molecule has 1 aliphatic rings. The SMILES string of the molecule is COc1cn(-c2cccc(C(F)(F)F)c2)nc1C(=O)NCC1CC=CCC1. The highest BCUT2D eigenvalue weighted by Crippen LogP contribution is 2.30. The van der Waals surface area contributed by atoms with Crippen LogP contribution in [0.5, 0.6) is 5.75 Å². The Bertz CT molecular complexity index is 843. The summed E-state index contributed by atoms with van der Waals surface area (Å²) >= 11 is 0. The highest BCUT2D eigenvalue weighted by atomic mass is 19.4. The third-order valence-electron chi connectivity index (χ3n) is 4.48. The van der Waals surface area contributed by atoms with Gasteiger partial charge in [-0.3, -0.25) is 4.79 Å². The summed E-state index contributed by atoms with van der Waals surface area (Å²) < 4.78 is 45.1. The minimum Gasteiger partial charge on any atom is -0.493 e. The lowest BCUT2D eigenvalue weighted by atomic mass is 9.94. The van der Waals surface area contributed by atoms with Crippen LogP contribution in [-0.4, -0.2) is 29.3 Å². The minimum atomic E-state index is -4.46. The summed E-state index contributed by atoms with van der Waals surface area (Å²) in [6.45, 7) is 0.517. The molecule has 0 bridgehead atoms. The summed E-state index contributed by atoms with van der Waals surface area (Å²) in [6.07, 6.45) is 4.08. The van der Waals surface area contributed by atoms with Gasteiger partial charge in [0.1, 0.15) is 0 Å². The lowest BCUT2D eigenvalue weighted by Gasteiger charge is -2.17. The van der Waals surface area contributed by atoms with Gasteiger partial charge in [-0.05, 0) is 43.4 Å². The maximum absolute atomic E-state index is 12.9. The average molecular weight is 379 g/mol. The molecule has 1 aliphatic carbocycles. The van der Waals surface area contributed by atoms with Crippen molar-refractivity contribution in [3.05, 3.63) is 53.9 Å². The fourth-order valence-electron chi connectivity index (χ4n) is 2.98. The van der Waals surface area contributed by atoms with Gasteiger partial charge in [-0.1, -0.05) is 18.2 Å². The molecule has 1 atom stereocenters. The molecule has 0 saturated heterocycles. The molecule has 5 nitrogen and oxygen atoms in total. The van der Waals surface area contributed by atoms with Gasteiger partial charge in [-0.2, -0.15) is 18.3 Å². The molecule has 3 rings (SSSR count). The molecule has 0 fully saturated rings. The second kappa shape index (κ2) is 7.85. The van der Waals surface area contributed by atoms with Gasteiger partial charge in [-0.25, -0.2) is 4.68 Å². The third kappa shape index (κ3) is 4.50. The van der Waals surface area contributed by atoms with Crippen molar-refractivity contribution in [1.29, 1.82) is 0 Å². The number of ether oxygens (including phenoxy) is 1. The quantitative estimate of drug-likeness (QED) is 0.800. The first-order chi connectivity index (χ1) is 12.9. The average Bonchev–Trinajstić information content (AvgIpc) is 3.11. The molecule has 0 saturated carbocycles. The zero-order valence-corrected chi connectivity index (χ0v) is 14.8. The van der Waals surface area contributed by atoms with Crippen LogP contribution < -0.4 is 10.1 Å². The largest absolute Gasteiger partial charge is 0.493 e. The van der Waals surface area contributed by atoms with E-state index < -0.39 is 17.6 Å². The predicted octanol–water partition coefficient (Wildman–Crippen LogP) is 3.99. The molecule has 1 amide bonds. The van der Waals surface area contributed by atoms with E-state index in [4.69, 9.17) is 4.74 Å². The number of methoxy groups -OCH3 is 1. The van der Waals surface area contributed by atoms with Crippen LogP contribution in [0.2, 0.25) is 0 Å². The van der Waals surface area contributed by atoms with Gasteiger partial charge in [0.2, 0.25) is 0 Å². The highest BCUT2D eigenvalue weighted by Gasteiger charge is 2.30. The molecule has 0 radical (unpaired) electrons. The number of hydrogen-bond acceptors (Lipinski definition) is 3. The van der Waals surface area contributed by atoms with E-state index in [0.29, 0.717) is 12.5 Å². The number of benzene rings is 1. The summed E-state index contributed by atoms with van der Waals surface area (Å²) in [4.78, 5) is 12.5. The van der Waals surface area contributed by atoms with Crippen LogP contribution >= 0.6 is 0 Å². The Balaban J connectivity index is 1.79. The first-order valence-electron chi connectivity index (χ1n) is 8.63. The first-order valence-corrected chi connectivity index (χ1v) is 8.63. The Labute approximate surface area is 154 Å². The number of nitrogens with one attached hydrogen (secondary N) is 1. The topological polar surface area (TPSA) is 56.2 Å². The van der Waals surface area contributed by atoms with Crippen molar-refractivity contribution in [1.82, 2.24) is 15.1 Å². The van der Waals surface area contributed by atoms with Crippen molar-refractivity contribution in [3.63, 3.8) is 0 Å². The number of carbonyl (C=O) groups excluding carboxylic acids is 1. The number of hydrogen-bond donors (Lipinski definition) is 1. The summed E-state index contributed by atoms with van der Waals surface area (Å²) in [5.41, 5.74) is -0.549. The van der Waals surface area contributed by atoms with Gasteiger partial charge < -0.3 is 10.1 Å². The van der Waals surface area contributed by atoms with Crippen molar-refractivity contribution in [2.45, 2.75) is 25.4 Å². The van der Waals surface area contributed by atoms with Gasteiger partial charge in [-0.15, -0.1) is 0 Å². The Hall–Kier alpha value is -2.77. The first kappa shape index (κ1) is 19.0. The van der Waals surface area contributed by atoms with Crippen LogP contribution in [0.4, 0.5) is 13.2 Å². The second-order valence-electron chi connectivity index (χ2n) is 6.40. The molecule has 144 valence electrons. The van der Waals surface area contributed by atoms with Gasteiger partial charge in [0, 0.05) is 6.54 Å². The molecule has 1 aromatic heterocycles. The van der Waals surface area contributed by atoms with Crippen LogP contribution in [0.25, 0.3) is 5.69 Å². The highest BCUT2D eigenvalue weighted by molar-refractivity contribution is 5.94. The third-order valence-corrected chi connectivity index (χ3v) is 4.48. The van der Waals surface area contributed by atoms with E-state index in [1.165, 1.54) is 30.1 Å². The molecule has 1 N–H and O–H groups in total. The molecule has 1 unspecified atom stereocenters. The van der Waals surface area contributed by atoms with Gasteiger partial charge in [0.05, 0.1) is 24.6 Å². The summed E-state index contributed by atoms with van der Waals surface area (Å²) in [6, 6.07) is 4.74. The van der Waals surface area contributed by atoms with E-state index >= 15 is 0 Å². The smallest absolute Gasteiger partial charge is 0.416 e. The van der Waals surface area contributed by atoms with Crippen LogP contribution in [0.3, 0.4) is 0 Å². The van der Waals surface area contributed by atoms with E-state index in [9.17, 15) is 18.0 Å². The molecule has 8 heteroatoms. The standard InChI is InChI=1S/C19H20F3N3O2/c1-27-16-12-25(15-9-5-8-14(10-15)19(20,21)22)24-17(16)18(26)23-11-13-6-3-2-4-7-13/h2-3,5,8-10,12-13H,4,6-7,11H2,1H3,(H,23,26). The van der Waals surface area contributed by atoms with Crippen molar-refractivity contribution in [2.24, 2.45) is 5.92 Å². The van der Waals surface area contributed by atoms with Crippen LogP contribution in [-0.2, 0) is 6.18 Å². The molecule has 27 heavy (non-hydrogen) atoms. The fourth-order valence-corrected chi connectivity index (χ4v) is 2.98. The molecule has 1 heterocycles. The number of carbonyl (C=O) groups is 1. The van der Waals surface area contributed by atoms with Crippen molar-refractivity contribution in [3.8, 4) is 11.4 Å². The van der Waals surface area contributed by atoms with Crippen LogP contribution in [0.1, 0.15) is 35.3 Å². The Morgan fingerprint density at radius 2 is 2.19 bits per heavy atom. The number of halogens is 3. The Morgan fingerprint density at radius 1 is 1.37 bits per heavy atom. The second-order valence-corrected chi connectivity index (χ2v) is 6.40. The van der Waals surface area contributed by atoms with Gasteiger partial charge >= 0.3 is 6.18 Å². The van der Waals surface area contributed by atoms with Crippen LogP contribution in [0, 0.1) is 5.92 Å². The maximum Gasteiger partial charge on any atom is 0.416 e. The van der Waals surface area contributed by atoms with Crippen molar-refractivity contribution >= 4 is 5.91 Å².